The molecule has 0 aliphatic carbocycles. The van der Waals surface area contributed by atoms with Crippen molar-refractivity contribution in [2.45, 2.75) is 10.9 Å². The smallest absolute Gasteiger partial charge is 0.244 e. The third-order valence-electron chi connectivity index (χ3n) is 2.39. The molecule has 1 aliphatic rings. The van der Waals surface area contributed by atoms with E-state index < -0.39 is 10.0 Å². The van der Waals surface area contributed by atoms with Crippen molar-refractivity contribution in [1.82, 2.24) is 4.31 Å². The molecule has 0 radical (unpaired) electrons. The standard InChI is InChI=1S/C9H10BrClN2O2S/c10-6-1-2-9(8(11)3-6)16(14,15)13-4-7(12)5-13/h1-3,7H,4-5,12H2. The van der Waals surface area contributed by atoms with Crippen LogP contribution in [0.15, 0.2) is 27.6 Å². The molecule has 88 valence electrons. The Balaban J connectivity index is 2.36. The maximum Gasteiger partial charge on any atom is 0.244 e. The molecule has 0 saturated carbocycles. The molecule has 0 bridgehead atoms. The highest BCUT2D eigenvalue weighted by Crippen LogP contribution is 2.29. The number of hydrogen-bond donors (Lipinski definition) is 1. The monoisotopic (exact) mass is 324 g/mol. The van der Waals surface area contributed by atoms with Crippen molar-refractivity contribution in [2.24, 2.45) is 5.73 Å². The average molecular weight is 326 g/mol. The van der Waals surface area contributed by atoms with E-state index in [9.17, 15) is 8.42 Å². The Morgan fingerprint density at radius 1 is 1.44 bits per heavy atom. The number of hydrogen-bond acceptors (Lipinski definition) is 3. The topological polar surface area (TPSA) is 63.4 Å². The van der Waals surface area contributed by atoms with Crippen LogP contribution in [0.4, 0.5) is 0 Å². The predicted octanol–water partition coefficient (Wildman–Crippen LogP) is 1.43. The van der Waals surface area contributed by atoms with Crippen molar-refractivity contribution in [3.05, 3.63) is 27.7 Å². The van der Waals surface area contributed by atoms with Gasteiger partial charge in [0.15, 0.2) is 0 Å². The lowest BCUT2D eigenvalue weighted by Crippen LogP contribution is -2.57. The lowest BCUT2D eigenvalue weighted by atomic mass is 10.2. The van der Waals surface area contributed by atoms with Gasteiger partial charge in [-0.05, 0) is 18.2 Å². The highest BCUT2D eigenvalue weighted by molar-refractivity contribution is 9.10. The van der Waals surface area contributed by atoms with Gasteiger partial charge in [0, 0.05) is 23.6 Å². The summed E-state index contributed by atoms with van der Waals surface area (Å²) in [4.78, 5) is 0.129. The van der Waals surface area contributed by atoms with Crippen LogP contribution in [0, 0.1) is 0 Å². The summed E-state index contributed by atoms with van der Waals surface area (Å²) in [6.45, 7) is 0.712. The normalized spacial score (nSPS) is 18.4. The maximum absolute atomic E-state index is 12.1. The van der Waals surface area contributed by atoms with E-state index in [0.29, 0.717) is 13.1 Å². The van der Waals surface area contributed by atoms with Crippen molar-refractivity contribution >= 4 is 37.6 Å². The predicted molar refractivity (Wildman–Crippen MR) is 65.9 cm³/mol. The first-order chi connectivity index (χ1) is 7.41. The summed E-state index contributed by atoms with van der Waals surface area (Å²) in [6, 6.07) is 4.64. The van der Waals surface area contributed by atoms with E-state index in [0.717, 1.165) is 4.47 Å². The van der Waals surface area contributed by atoms with Crippen molar-refractivity contribution in [1.29, 1.82) is 0 Å². The molecule has 1 aliphatic heterocycles. The van der Waals surface area contributed by atoms with E-state index in [1.807, 2.05) is 0 Å². The van der Waals surface area contributed by atoms with E-state index in [2.05, 4.69) is 15.9 Å². The van der Waals surface area contributed by atoms with Crippen LogP contribution in [0.5, 0.6) is 0 Å². The summed E-state index contributed by atoms with van der Waals surface area (Å²) < 4.78 is 26.2. The fourth-order valence-electron chi connectivity index (χ4n) is 1.49. The molecule has 1 aromatic carbocycles. The fraction of sp³-hybridized carbons (Fsp3) is 0.333. The number of rotatable bonds is 2. The van der Waals surface area contributed by atoms with Crippen LogP contribution in [0.2, 0.25) is 5.02 Å². The molecule has 0 spiro atoms. The third-order valence-corrected chi connectivity index (χ3v) is 5.20. The summed E-state index contributed by atoms with van der Waals surface area (Å²) in [5.41, 5.74) is 5.56. The molecule has 0 amide bonds. The lowest BCUT2D eigenvalue weighted by Gasteiger charge is -2.35. The van der Waals surface area contributed by atoms with Gasteiger partial charge in [-0.1, -0.05) is 27.5 Å². The average Bonchev–Trinajstić information content (AvgIpc) is 2.12. The highest BCUT2D eigenvalue weighted by Gasteiger charge is 2.35. The minimum Gasteiger partial charge on any atom is -0.325 e. The van der Waals surface area contributed by atoms with Gasteiger partial charge in [0.05, 0.1) is 5.02 Å². The van der Waals surface area contributed by atoms with Crippen molar-refractivity contribution in [3.8, 4) is 0 Å². The Morgan fingerprint density at radius 3 is 2.56 bits per heavy atom. The molecule has 1 fully saturated rings. The zero-order chi connectivity index (χ0) is 11.9. The quantitative estimate of drug-likeness (QED) is 0.895. The summed E-state index contributed by atoms with van der Waals surface area (Å²) in [5.74, 6) is 0. The molecule has 7 heteroatoms. The third kappa shape index (κ3) is 2.12. The van der Waals surface area contributed by atoms with Gasteiger partial charge in [-0.2, -0.15) is 4.31 Å². The molecule has 16 heavy (non-hydrogen) atoms. The first-order valence-electron chi connectivity index (χ1n) is 4.62. The number of nitrogens with two attached hydrogens (primary N) is 1. The van der Waals surface area contributed by atoms with Crippen LogP contribution in [-0.2, 0) is 10.0 Å². The largest absolute Gasteiger partial charge is 0.325 e. The molecule has 1 heterocycles. The van der Waals surface area contributed by atoms with Gasteiger partial charge in [0.25, 0.3) is 0 Å². The molecule has 0 unspecified atom stereocenters. The molecular weight excluding hydrogens is 316 g/mol. The van der Waals surface area contributed by atoms with Crippen LogP contribution < -0.4 is 5.73 Å². The van der Waals surface area contributed by atoms with E-state index >= 15 is 0 Å². The maximum atomic E-state index is 12.1. The van der Waals surface area contributed by atoms with Gasteiger partial charge < -0.3 is 5.73 Å². The summed E-state index contributed by atoms with van der Waals surface area (Å²) in [7, 11) is -3.48. The molecule has 1 aromatic rings. The minimum absolute atomic E-state index is 0.0657. The highest BCUT2D eigenvalue weighted by atomic mass is 79.9. The van der Waals surface area contributed by atoms with Crippen LogP contribution >= 0.6 is 27.5 Å². The number of nitrogens with zero attached hydrogens (tertiary/aromatic N) is 1. The molecule has 0 atom stereocenters. The second-order valence-corrected chi connectivity index (χ2v) is 6.89. The minimum atomic E-state index is -3.48. The van der Waals surface area contributed by atoms with E-state index in [1.54, 1.807) is 12.1 Å². The Labute approximate surface area is 108 Å². The summed E-state index contributed by atoms with van der Waals surface area (Å²) >= 11 is 9.14. The van der Waals surface area contributed by atoms with E-state index in [1.165, 1.54) is 10.4 Å². The Kier molecular flexibility index (Phi) is 3.29. The van der Waals surface area contributed by atoms with Crippen LogP contribution in [0.25, 0.3) is 0 Å². The van der Waals surface area contributed by atoms with Crippen LogP contribution in [-0.4, -0.2) is 31.9 Å². The first kappa shape index (κ1) is 12.3. The molecule has 1 saturated heterocycles. The molecule has 4 nitrogen and oxygen atoms in total. The van der Waals surface area contributed by atoms with Crippen LogP contribution in [0.3, 0.4) is 0 Å². The zero-order valence-corrected chi connectivity index (χ0v) is 11.4. The summed E-state index contributed by atoms with van der Waals surface area (Å²) in [6.07, 6.45) is 0. The van der Waals surface area contributed by atoms with Gasteiger partial charge >= 0.3 is 0 Å². The van der Waals surface area contributed by atoms with Gasteiger partial charge in [0.1, 0.15) is 4.90 Å². The van der Waals surface area contributed by atoms with Gasteiger partial charge in [-0.25, -0.2) is 8.42 Å². The number of benzene rings is 1. The second-order valence-electron chi connectivity index (χ2n) is 3.66. The van der Waals surface area contributed by atoms with Gasteiger partial charge in [-0.15, -0.1) is 0 Å². The summed E-state index contributed by atoms with van der Waals surface area (Å²) in [5, 5.41) is 0.217. The van der Waals surface area contributed by atoms with E-state index in [-0.39, 0.29) is 16.0 Å². The zero-order valence-electron chi connectivity index (χ0n) is 8.23. The van der Waals surface area contributed by atoms with Crippen molar-refractivity contribution in [2.75, 3.05) is 13.1 Å². The van der Waals surface area contributed by atoms with Crippen molar-refractivity contribution in [3.63, 3.8) is 0 Å². The lowest BCUT2D eigenvalue weighted by molar-refractivity contribution is 0.265. The van der Waals surface area contributed by atoms with Crippen molar-refractivity contribution < 1.29 is 8.42 Å². The number of sulfonamides is 1. The second kappa shape index (κ2) is 4.27. The first-order valence-corrected chi connectivity index (χ1v) is 7.23. The molecule has 2 rings (SSSR count). The molecule has 2 N–H and O–H groups in total. The Morgan fingerprint density at radius 2 is 2.06 bits per heavy atom. The fourth-order valence-corrected chi connectivity index (χ4v) is 4.05. The Hall–Kier alpha value is -0.140. The van der Waals surface area contributed by atoms with E-state index in [4.69, 9.17) is 17.3 Å². The Bertz CT molecular complexity index is 514. The molecular formula is C9H10BrClN2O2S. The van der Waals surface area contributed by atoms with Gasteiger partial charge in [-0.3, -0.25) is 0 Å². The van der Waals surface area contributed by atoms with Gasteiger partial charge in [0.2, 0.25) is 10.0 Å². The SMILES string of the molecule is NC1CN(S(=O)(=O)c2ccc(Br)cc2Cl)C1. The number of halogens is 2. The molecule has 0 aromatic heterocycles. The van der Waals surface area contributed by atoms with Crippen LogP contribution in [0.1, 0.15) is 0 Å².